The van der Waals surface area contributed by atoms with Crippen LogP contribution in [0.2, 0.25) is 0 Å². The van der Waals surface area contributed by atoms with Gasteiger partial charge in [-0.05, 0) is 61.2 Å². The first kappa shape index (κ1) is 29.7. The number of aliphatic imine (C=N–C) groups is 2. The Morgan fingerprint density at radius 3 is 2.39 bits per heavy atom. The molecule has 0 aliphatic heterocycles. The molecule has 1 aromatic heterocycles. The minimum atomic E-state index is 0.491. The maximum Gasteiger partial charge on any atom is 0.178 e. The molecule has 0 saturated carbocycles. The van der Waals surface area contributed by atoms with Crippen LogP contribution in [-0.4, -0.2) is 31.3 Å². The van der Waals surface area contributed by atoms with Gasteiger partial charge < -0.3 is 26.7 Å². The number of H-pyrrole nitrogens is 1. The van der Waals surface area contributed by atoms with Crippen LogP contribution in [0.1, 0.15) is 47.7 Å². The van der Waals surface area contributed by atoms with Crippen molar-refractivity contribution in [3.8, 4) is 0 Å². The Morgan fingerprint density at radius 2 is 1.79 bits per heavy atom. The van der Waals surface area contributed by atoms with Crippen LogP contribution < -0.4 is 21.7 Å². The van der Waals surface area contributed by atoms with E-state index in [9.17, 15) is 0 Å². The Hall–Kier alpha value is -4.52. The summed E-state index contributed by atoms with van der Waals surface area (Å²) in [6.45, 7) is 18.0. The number of benzene rings is 2. The van der Waals surface area contributed by atoms with Gasteiger partial charge in [-0.3, -0.25) is 0 Å². The summed E-state index contributed by atoms with van der Waals surface area (Å²) in [5.41, 5.74) is 14.7. The molecule has 0 fully saturated rings. The number of rotatable bonds is 10. The van der Waals surface area contributed by atoms with Crippen LogP contribution >= 0.6 is 0 Å². The molecule has 0 spiro atoms. The number of amidine groups is 1. The van der Waals surface area contributed by atoms with Gasteiger partial charge in [-0.25, -0.2) is 9.98 Å². The summed E-state index contributed by atoms with van der Waals surface area (Å²) in [4.78, 5) is 12.4. The molecular formula is C31H41N7. The van der Waals surface area contributed by atoms with Crippen LogP contribution in [0.5, 0.6) is 0 Å². The lowest BCUT2D eigenvalue weighted by Gasteiger charge is -2.13. The van der Waals surface area contributed by atoms with E-state index >= 15 is 0 Å². The Bertz CT molecular complexity index is 1310. The van der Waals surface area contributed by atoms with E-state index in [1.54, 1.807) is 0 Å². The Morgan fingerprint density at radius 1 is 1.05 bits per heavy atom. The van der Waals surface area contributed by atoms with Crippen molar-refractivity contribution in [2.45, 2.75) is 33.6 Å². The second-order valence-corrected chi connectivity index (χ2v) is 8.66. The second kappa shape index (κ2) is 14.9. The molecule has 0 unspecified atom stereocenters. The van der Waals surface area contributed by atoms with Gasteiger partial charge in [-0.2, -0.15) is 0 Å². The number of allylic oxidation sites excluding steroid dienone is 1. The van der Waals surface area contributed by atoms with E-state index in [4.69, 9.17) is 10.7 Å². The van der Waals surface area contributed by atoms with E-state index in [0.29, 0.717) is 5.84 Å². The number of aromatic amines is 1. The van der Waals surface area contributed by atoms with Gasteiger partial charge in [0.25, 0.3) is 0 Å². The van der Waals surface area contributed by atoms with Gasteiger partial charge in [-0.15, -0.1) is 6.58 Å². The highest BCUT2D eigenvalue weighted by atomic mass is 15.0. The number of aromatic nitrogens is 1. The number of hydrogen-bond donors (Lipinski definition) is 5. The zero-order chi connectivity index (χ0) is 28.1. The molecule has 7 heteroatoms. The quantitative estimate of drug-likeness (QED) is 0.115. The maximum atomic E-state index is 5.64. The van der Waals surface area contributed by atoms with E-state index in [1.807, 2.05) is 82.7 Å². The van der Waals surface area contributed by atoms with Gasteiger partial charge in [-0.1, -0.05) is 50.8 Å². The summed E-state index contributed by atoms with van der Waals surface area (Å²) < 4.78 is 0. The third-order valence-corrected chi connectivity index (χ3v) is 5.91. The fourth-order valence-electron chi connectivity index (χ4n) is 3.63. The van der Waals surface area contributed by atoms with E-state index < -0.39 is 0 Å². The SMILES string of the molecule is C=C(Nc1cccc(NC)c1)c1ccc(C)c(N=C(N=CN)c2[nH]cc(C(=C)NC)c2C)c1.C=CCCC. The van der Waals surface area contributed by atoms with Crippen molar-refractivity contribution in [2.75, 3.05) is 24.7 Å². The normalized spacial score (nSPS) is 10.9. The lowest BCUT2D eigenvalue weighted by atomic mass is 10.1. The smallest absolute Gasteiger partial charge is 0.178 e. The van der Waals surface area contributed by atoms with Crippen LogP contribution in [0.15, 0.2) is 84.5 Å². The lowest BCUT2D eigenvalue weighted by molar-refractivity contribution is 0.961. The monoisotopic (exact) mass is 511 g/mol. The molecule has 6 N–H and O–H groups in total. The molecule has 0 amide bonds. The summed E-state index contributed by atoms with van der Waals surface area (Å²) in [7, 11) is 3.73. The molecule has 7 nitrogen and oxygen atoms in total. The molecule has 0 saturated heterocycles. The van der Waals surface area contributed by atoms with Crippen LogP contribution in [0, 0.1) is 13.8 Å². The average molecular weight is 512 g/mol. The lowest BCUT2D eigenvalue weighted by Crippen LogP contribution is -2.06. The van der Waals surface area contributed by atoms with Gasteiger partial charge in [0, 0.05) is 48.6 Å². The first-order valence-corrected chi connectivity index (χ1v) is 12.6. The summed E-state index contributed by atoms with van der Waals surface area (Å²) >= 11 is 0. The summed E-state index contributed by atoms with van der Waals surface area (Å²) in [6, 6.07) is 14.0. The fraction of sp³-hybridized carbons (Fsp3) is 0.226. The highest BCUT2D eigenvalue weighted by Gasteiger charge is 2.14. The number of anilines is 2. The first-order chi connectivity index (χ1) is 18.3. The summed E-state index contributed by atoms with van der Waals surface area (Å²) in [5, 5.41) is 9.58. The molecule has 1 heterocycles. The van der Waals surface area contributed by atoms with E-state index in [2.05, 4.69) is 52.6 Å². The van der Waals surface area contributed by atoms with Crippen molar-refractivity contribution in [2.24, 2.45) is 15.7 Å². The average Bonchev–Trinajstić information content (AvgIpc) is 3.31. The molecule has 3 aromatic rings. The zero-order valence-electron chi connectivity index (χ0n) is 23.3. The zero-order valence-corrected chi connectivity index (χ0v) is 23.3. The second-order valence-electron chi connectivity index (χ2n) is 8.66. The van der Waals surface area contributed by atoms with Gasteiger partial charge in [0.2, 0.25) is 0 Å². The Balaban J connectivity index is 0.000000926. The predicted octanol–water partition coefficient (Wildman–Crippen LogP) is 6.98. The van der Waals surface area contributed by atoms with Crippen LogP contribution in [0.4, 0.5) is 17.1 Å². The number of nitrogens with zero attached hydrogens (tertiary/aromatic N) is 2. The molecule has 0 radical (unpaired) electrons. The third-order valence-electron chi connectivity index (χ3n) is 5.91. The molecule has 0 aliphatic rings. The van der Waals surface area contributed by atoms with Crippen molar-refractivity contribution < 1.29 is 0 Å². The number of aryl methyl sites for hydroxylation is 1. The molecule has 3 rings (SSSR count). The van der Waals surface area contributed by atoms with Crippen LogP contribution in [-0.2, 0) is 0 Å². The first-order valence-electron chi connectivity index (χ1n) is 12.6. The highest BCUT2D eigenvalue weighted by Crippen LogP contribution is 2.28. The topological polar surface area (TPSA) is 103 Å². The minimum Gasteiger partial charge on any atom is -0.390 e. The standard InChI is InChI=1S/C26H31N7.C5H10/c1-16-10-11-20(18(3)32-22-9-7-8-21(13-22)29-6)12-24(16)33-26(31-15-27)25-17(2)23(14-30-25)19(4)28-5;1-3-5-4-2/h7-15,28-30,32H,3-4H2,1-2,5-6H3,(H2,27,31,33);3H,1,4-5H2,2H3. The summed E-state index contributed by atoms with van der Waals surface area (Å²) in [6.07, 6.45) is 7.45. The molecule has 0 aliphatic carbocycles. The minimum absolute atomic E-state index is 0.491. The number of unbranched alkanes of at least 4 members (excludes halogenated alkanes) is 1. The van der Waals surface area contributed by atoms with Gasteiger partial charge in [0.15, 0.2) is 5.84 Å². The molecule has 2 aromatic carbocycles. The largest absolute Gasteiger partial charge is 0.390 e. The van der Waals surface area contributed by atoms with Gasteiger partial charge >= 0.3 is 0 Å². The van der Waals surface area contributed by atoms with Crippen molar-refractivity contribution in [3.63, 3.8) is 0 Å². The van der Waals surface area contributed by atoms with Crippen molar-refractivity contribution >= 4 is 40.6 Å². The van der Waals surface area contributed by atoms with Gasteiger partial charge in [0.1, 0.15) is 0 Å². The van der Waals surface area contributed by atoms with E-state index in [-0.39, 0.29) is 0 Å². The van der Waals surface area contributed by atoms with E-state index in [1.165, 1.54) is 12.8 Å². The summed E-state index contributed by atoms with van der Waals surface area (Å²) in [5.74, 6) is 0.491. The van der Waals surface area contributed by atoms with Crippen molar-refractivity contribution in [1.29, 1.82) is 0 Å². The Kier molecular flexibility index (Phi) is 11.6. The molecular weight excluding hydrogens is 470 g/mol. The third kappa shape index (κ3) is 8.00. The molecule has 38 heavy (non-hydrogen) atoms. The molecule has 0 atom stereocenters. The predicted molar refractivity (Wildman–Crippen MR) is 167 cm³/mol. The van der Waals surface area contributed by atoms with Crippen LogP contribution in [0.25, 0.3) is 11.4 Å². The van der Waals surface area contributed by atoms with Crippen molar-refractivity contribution in [3.05, 3.63) is 102 Å². The van der Waals surface area contributed by atoms with Crippen molar-refractivity contribution in [1.82, 2.24) is 10.3 Å². The Labute approximate surface area is 227 Å². The van der Waals surface area contributed by atoms with Crippen LogP contribution in [0.3, 0.4) is 0 Å². The fourth-order valence-corrected chi connectivity index (χ4v) is 3.63. The van der Waals surface area contributed by atoms with Gasteiger partial charge in [0.05, 0.1) is 17.7 Å². The maximum absolute atomic E-state index is 5.64. The number of nitrogens with one attached hydrogen (secondary N) is 4. The highest BCUT2D eigenvalue weighted by molar-refractivity contribution is 6.04. The molecule has 0 bridgehead atoms. The molecule has 200 valence electrons. The number of hydrogen-bond acceptors (Lipinski definition) is 4. The van der Waals surface area contributed by atoms with E-state index in [0.717, 1.165) is 62.8 Å². The number of nitrogens with two attached hydrogens (primary N) is 1.